The molecule has 0 aliphatic rings. The number of hydrogen-bond donors (Lipinski definition) is 1. The lowest BCUT2D eigenvalue weighted by Gasteiger charge is -2.02. The van der Waals surface area contributed by atoms with Gasteiger partial charge >= 0.3 is 0 Å². The van der Waals surface area contributed by atoms with Crippen molar-refractivity contribution in [1.82, 2.24) is 19.9 Å². The minimum Gasteiger partial charge on any atom is -0.459 e. The minimum atomic E-state index is -0.374. The van der Waals surface area contributed by atoms with E-state index in [0.29, 0.717) is 20.7 Å². The van der Waals surface area contributed by atoms with Crippen LogP contribution in [0.3, 0.4) is 0 Å². The van der Waals surface area contributed by atoms with Gasteiger partial charge in [-0.15, -0.1) is 0 Å². The molecule has 3 heterocycles. The summed E-state index contributed by atoms with van der Waals surface area (Å²) in [6, 6.07) is 11.7. The molecule has 0 saturated heterocycles. The zero-order valence-corrected chi connectivity index (χ0v) is 14.8. The van der Waals surface area contributed by atoms with Gasteiger partial charge in [-0.3, -0.25) is 9.59 Å². The second-order valence-corrected chi connectivity index (χ2v) is 6.75. The van der Waals surface area contributed by atoms with Crippen LogP contribution in [0.4, 0.5) is 0 Å². The standard InChI is InChI=1S/C17H11ClN4O3S/c18-11-4-1-3-10(7-11)16-21-22-14(23)8-12(20-17(22)26-16)9-19-15(24)13-5-2-6-25-13/h1-8H,9H2,(H,19,24). The van der Waals surface area contributed by atoms with E-state index in [-0.39, 0.29) is 23.8 Å². The number of carbonyl (C=O) groups is 1. The molecule has 1 N–H and O–H groups in total. The number of hydrogen-bond acceptors (Lipinski definition) is 6. The van der Waals surface area contributed by atoms with Crippen LogP contribution in [0.1, 0.15) is 16.2 Å². The summed E-state index contributed by atoms with van der Waals surface area (Å²) >= 11 is 7.28. The van der Waals surface area contributed by atoms with E-state index >= 15 is 0 Å². The van der Waals surface area contributed by atoms with Gasteiger partial charge in [0.2, 0.25) is 4.96 Å². The highest BCUT2D eigenvalue weighted by molar-refractivity contribution is 7.19. The van der Waals surface area contributed by atoms with Crippen molar-refractivity contribution >= 4 is 33.8 Å². The molecule has 0 radical (unpaired) electrons. The molecule has 9 heteroatoms. The van der Waals surface area contributed by atoms with Crippen LogP contribution in [0, 0.1) is 0 Å². The lowest BCUT2D eigenvalue weighted by Crippen LogP contribution is -2.24. The highest BCUT2D eigenvalue weighted by Gasteiger charge is 2.13. The van der Waals surface area contributed by atoms with Crippen molar-refractivity contribution in [3.05, 3.63) is 75.6 Å². The number of aromatic nitrogens is 3. The van der Waals surface area contributed by atoms with Crippen molar-refractivity contribution in [2.75, 3.05) is 0 Å². The second kappa shape index (κ2) is 6.74. The van der Waals surface area contributed by atoms with Gasteiger partial charge in [0.1, 0.15) is 5.01 Å². The Bertz CT molecular complexity index is 1150. The maximum atomic E-state index is 12.3. The molecule has 0 bridgehead atoms. The van der Waals surface area contributed by atoms with Crippen molar-refractivity contribution in [2.45, 2.75) is 6.54 Å². The Kier molecular flexibility index (Phi) is 4.27. The highest BCUT2D eigenvalue weighted by Crippen LogP contribution is 2.26. The average Bonchev–Trinajstić information content (AvgIpc) is 3.29. The molecular weight excluding hydrogens is 376 g/mol. The predicted molar refractivity (Wildman–Crippen MR) is 97.5 cm³/mol. The van der Waals surface area contributed by atoms with Crippen LogP contribution in [-0.2, 0) is 6.54 Å². The van der Waals surface area contributed by atoms with Crippen LogP contribution in [0.25, 0.3) is 15.5 Å². The molecule has 0 aliphatic carbocycles. The summed E-state index contributed by atoms with van der Waals surface area (Å²) in [6.45, 7) is 0.107. The van der Waals surface area contributed by atoms with Crippen molar-refractivity contribution in [1.29, 1.82) is 0 Å². The number of amides is 1. The van der Waals surface area contributed by atoms with Crippen molar-refractivity contribution in [3.63, 3.8) is 0 Å². The van der Waals surface area contributed by atoms with Crippen LogP contribution in [0.2, 0.25) is 5.02 Å². The van der Waals surface area contributed by atoms with E-state index in [0.717, 1.165) is 5.56 Å². The molecule has 3 aromatic heterocycles. The largest absolute Gasteiger partial charge is 0.459 e. The maximum Gasteiger partial charge on any atom is 0.287 e. The molecule has 0 saturated carbocycles. The number of nitrogens with zero attached hydrogens (tertiary/aromatic N) is 3. The van der Waals surface area contributed by atoms with Gasteiger partial charge in [0.25, 0.3) is 11.5 Å². The van der Waals surface area contributed by atoms with E-state index in [4.69, 9.17) is 16.0 Å². The van der Waals surface area contributed by atoms with Crippen LogP contribution in [-0.4, -0.2) is 20.5 Å². The van der Waals surface area contributed by atoms with Gasteiger partial charge in [-0.25, -0.2) is 4.98 Å². The maximum absolute atomic E-state index is 12.3. The summed E-state index contributed by atoms with van der Waals surface area (Å²) in [5.41, 5.74) is 0.929. The number of rotatable bonds is 4. The van der Waals surface area contributed by atoms with Crippen molar-refractivity contribution in [2.24, 2.45) is 0 Å². The van der Waals surface area contributed by atoms with E-state index in [1.165, 1.54) is 28.2 Å². The molecule has 4 aromatic rings. The van der Waals surface area contributed by atoms with Gasteiger partial charge in [0.15, 0.2) is 5.76 Å². The summed E-state index contributed by atoms with van der Waals surface area (Å²) in [5.74, 6) is -0.176. The Morgan fingerprint density at radius 1 is 1.27 bits per heavy atom. The van der Waals surface area contributed by atoms with Gasteiger partial charge in [0, 0.05) is 16.7 Å². The smallest absolute Gasteiger partial charge is 0.287 e. The molecule has 1 aromatic carbocycles. The van der Waals surface area contributed by atoms with E-state index < -0.39 is 0 Å². The Morgan fingerprint density at radius 2 is 2.15 bits per heavy atom. The monoisotopic (exact) mass is 386 g/mol. The third-order valence-electron chi connectivity index (χ3n) is 3.54. The Hall–Kier alpha value is -2.97. The van der Waals surface area contributed by atoms with Gasteiger partial charge in [-0.2, -0.15) is 9.61 Å². The normalized spacial score (nSPS) is 11.0. The summed E-state index contributed by atoms with van der Waals surface area (Å²) in [6.07, 6.45) is 1.42. The van der Waals surface area contributed by atoms with E-state index in [1.807, 2.05) is 12.1 Å². The lowest BCUT2D eigenvalue weighted by atomic mass is 10.2. The topological polar surface area (TPSA) is 89.5 Å². The van der Waals surface area contributed by atoms with Crippen molar-refractivity contribution < 1.29 is 9.21 Å². The highest BCUT2D eigenvalue weighted by atomic mass is 35.5. The summed E-state index contributed by atoms with van der Waals surface area (Å²) in [5, 5.41) is 8.18. The zero-order valence-electron chi connectivity index (χ0n) is 13.2. The number of nitrogens with one attached hydrogen (secondary N) is 1. The van der Waals surface area contributed by atoms with Crippen LogP contribution in [0.5, 0.6) is 0 Å². The minimum absolute atomic E-state index is 0.107. The first kappa shape index (κ1) is 16.5. The Balaban J connectivity index is 1.62. The third kappa shape index (κ3) is 3.24. The molecule has 7 nitrogen and oxygen atoms in total. The number of benzene rings is 1. The molecule has 0 spiro atoms. The van der Waals surface area contributed by atoms with Crippen LogP contribution >= 0.6 is 22.9 Å². The van der Waals surface area contributed by atoms with Gasteiger partial charge in [0.05, 0.1) is 18.5 Å². The molecule has 26 heavy (non-hydrogen) atoms. The molecular formula is C17H11ClN4O3S. The third-order valence-corrected chi connectivity index (χ3v) is 4.74. The second-order valence-electron chi connectivity index (χ2n) is 5.36. The molecule has 0 atom stereocenters. The fourth-order valence-corrected chi connectivity index (χ4v) is 3.46. The fraction of sp³-hybridized carbons (Fsp3) is 0.0588. The zero-order chi connectivity index (χ0) is 18.1. The van der Waals surface area contributed by atoms with Crippen LogP contribution < -0.4 is 10.9 Å². The molecule has 0 unspecified atom stereocenters. The Labute approximate surface area is 155 Å². The molecule has 0 fully saturated rings. The fourth-order valence-electron chi connectivity index (χ4n) is 2.35. The average molecular weight is 387 g/mol. The number of fused-ring (bicyclic) bond motifs is 1. The van der Waals surface area contributed by atoms with Gasteiger partial charge < -0.3 is 9.73 Å². The van der Waals surface area contributed by atoms with Gasteiger partial charge in [-0.1, -0.05) is 35.1 Å². The first-order valence-corrected chi connectivity index (χ1v) is 8.77. The molecule has 4 rings (SSSR count). The summed E-state index contributed by atoms with van der Waals surface area (Å²) in [4.78, 5) is 29.0. The van der Waals surface area contributed by atoms with E-state index in [2.05, 4.69) is 15.4 Å². The summed E-state index contributed by atoms with van der Waals surface area (Å²) in [7, 11) is 0. The molecule has 130 valence electrons. The van der Waals surface area contributed by atoms with E-state index in [9.17, 15) is 9.59 Å². The predicted octanol–water partition coefficient (Wildman–Crippen LogP) is 2.99. The first-order valence-electron chi connectivity index (χ1n) is 7.57. The number of furan rings is 1. The summed E-state index contributed by atoms with van der Waals surface area (Å²) < 4.78 is 6.26. The first-order chi connectivity index (χ1) is 12.6. The van der Waals surface area contributed by atoms with Crippen LogP contribution in [0.15, 0.2) is 57.9 Å². The van der Waals surface area contributed by atoms with E-state index in [1.54, 1.807) is 24.3 Å². The quantitative estimate of drug-likeness (QED) is 0.582. The molecule has 1 amide bonds. The molecule has 0 aliphatic heterocycles. The lowest BCUT2D eigenvalue weighted by molar-refractivity contribution is 0.0922. The van der Waals surface area contributed by atoms with Crippen molar-refractivity contribution in [3.8, 4) is 10.6 Å². The number of carbonyl (C=O) groups excluding carboxylic acids is 1. The SMILES string of the molecule is O=C(NCc1cc(=O)n2nc(-c3cccc(Cl)c3)sc2n1)c1ccco1. The van der Waals surface area contributed by atoms with Gasteiger partial charge in [-0.05, 0) is 24.3 Å². The Morgan fingerprint density at radius 3 is 2.92 bits per heavy atom. The number of halogens is 1.